The van der Waals surface area contributed by atoms with Gasteiger partial charge in [-0.1, -0.05) is 37.2 Å². The fourth-order valence-electron chi connectivity index (χ4n) is 3.92. The van der Waals surface area contributed by atoms with Crippen LogP contribution in [0.4, 0.5) is 0 Å². The number of piperidine rings is 1. The lowest BCUT2D eigenvalue weighted by molar-refractivity contribution is -0.134. The van der Waals surface area contributed by atoms with Crippen LogP contribution in [0.25, 0.3) is 10.9 Å². The molecule has 1 aromatic heterocycles. The molecule has 1 aliphatic heterocycles. The monoisotopic (exact) mass is 421 g/mol. The van der Waals surface area contributed by atoms with Crippen molar-refractivity contribution >= 4 is 40.2 Å². The predicted molar refractivity (Wildman–Crippen MR) is 116 cm³/mol. The summed E-state index contributed by atoms with van der Waals surface area (Å²) in [4.78, 5) is 32.6. The van der Waals surface area contributed by atoms with Crippen LogP contribution in [0.1, 0.15) is 47.0 Å². The first-order chi connectivity index (χ1) is 13.3. The molecule has 2 heterocycles. The predicted octanol–water partition coefficient (Wildman–Crippen LogP) is 4.59. The highest BCUT2D eigenvalue weighted by atomic mass is 35.5. The number of benzene rings is 1. The number of fused-ring (bicyclic) bond motifs is 1. The molecule has 0 N–H and O–H groups in total. The van der Waals surface area contributed by atoms with Crippen molar-refractivity contribution in [2.75, 3.05) is 5.75 Å². The third-order valence-electron chi connectivity index (χ3n) is 5.24. The van der Waals surface area contributed by atoms with Crippen molar-refractivity contribution in [3.63, 3.8) is 0 Å². The Kier molecular flexibility index (Phi) is 6.71. The lowest BCUT2D eigenvalue weighted by atomic mass is 9.98. The van der Waals surface area contributed by atoms with Gasteiger partial charge in [-0.05, 0) is 57.2 Å². The van der Waals surface area contributed by atoms with Crippen LogP contribution in [-0.2, 0) is 11.3 Å². The third-order valence-corrected chi connectivity index (χ3v) is 6.43. The lowest BCUT2D eigenvalue weighted by Gasteiger charge is -2.39. The second-order valence-corrected chi connectivity index (χ2v) is 9.46. The minimum Gasteiger partial charge on any atom is -0.337 e. The van der Waals surface area contributed by atoms with E-state index in [4.69, 9.17) is 11.6 Å². The van der Waals surface area contributed by atoms with Crippen molar-refractivity contribution in [1.82, 2.24) is 14.5 Å². The summed E-state index contributed by atoms with van der Waals surface area (Å²) >= 11 is 7.43. The van der Waals surface area contributed by atoms with Gasteiger partial charge in [-0.25, -0.2) is 4.98 Å². The number of hydrogen-bond donors (Lipinski definition) is 0. The first kappa shape index (κ1) is 21.2. The number of halogens is 1. The lowest BCUT2D eigenvalue weighted by Crippen LogP contribution is -2.48. The molecule has 2 aromatic rings. The van der Waals surface area contributed by atoms with Crippen LogP contribution in [0.5, 0.6) is 0 Å². The van der Waals surface area contributed by atoms with Gasteiger partial charge in [0.2, 0.25) is 5.91 Å². The Balaban J connectivity index is 1.90. The molecular formula is C21H28ClN3O2S. The molecule has 3 rings (SSSR count). The highest BCUT2D eigenvalue weighted by Crippen LogP contribution is 2.26. The molecular weight excluding hydrogens is 394 g/mol. The topological polar surface area (TPSA) is 55.2 Å². The van der Waals surface area contributed by atoms with Gasteiger partial charge in [0.15, 0.2) is 5.16 Å². The molecule has 2 unspecified atom stereocenters. The van der Waals surface area contributed by atoms with Gasteiger partial charge < -0.3 is 4.90 Å². The summed E-state index contributed by atoms with van der Waals surface area (Å²) < 4.78 is 1.68. The van der Waals surface area contributed by atoms with Crippen LogP contribution in [0.2, 0.25) is 5.02 Å². The maximum Gasteiger partial charge on any atom is 0.262 e. The van der Waals surface area contributed by atoms with E-state index in [0.29, 0.717) is 27.6 Å². The molecule has 0 radical (unpaired) electrons. The molecule has 28 heavy (non-hydrogen) atoms. The van der Waals surface area contributed by atoms with Crippen molar-refractivity contribution in [3.8, 4) is 0 Å². The number of nitrogens with zero attached hydrogens (tertiary/aromatic N) is 3. The number of amides is 1. The van der Waals surface area contributed by atoms with Crippen molar-refractivity contribution in [2.45, 2.75) is 70.7 Å². The molecule has 0 saturated carbocycles. The fraction of sp³-hybridized carbons (Fsp3) is 0.571. The van der Waals surface area contributed by atoms with Gasteiger partial charge in [0.1, 0.15) is 0 Å². The summed E-state index contributed by atoms with van der Waals surface area (Å²) in [6.45, 7) is 8.91. The van der Waals surface area contributed by atoms with E-state index in [1.165, 1.54) is 18.2 Å². The second kappa shape index (κ2) is 8.87. The van der Waals surface area contributed by atoms with Gasteiger partial charge in [-0.2, -0.15) is 0 Å². The fourth-order valence-corrected chi connectivity index (χ4v) is 4.97. The van der Waals surface area contributed by atoms with Gasteiger partial charge >= 0.3 is 0 Å². The number of likely N-dealkylation sites (tertiary alicyclic amines) is 1. The summed E-state index contributed by atoms with van der Waals surface area (Å²) in [5.74, 6) is 0.692. The zero-order valence-electron chi connectivity index (χ0n) is 16.9. The zero-order chi connectivity index (χ0) is 20.4. The molecule has 1 saturated heterocycles. The van der Waals surface area contributed by atoms with Crippen molar-refractivity contribution in [3.05, 3.63) is 33.6 Å². The van der Waals surface area contributed by atoms with Crippen LogP contribution in [0, 0.1) is 5.92 Å². The first-order valence-electron chi connectivity index (χ1n) is 9.92. The van der Waals surface area contributed by atoms with Crippen LogP contribution in [-0.4, -0.2) is 38.2 Å². The quantitative estimate of drug-likeness (QED) is 0.523. The number of rotatable bonds is 5. The SMILES string of the molecule is CC(C)Cn1c(SCC(=O)N2C(C)CCCC2C)nc2ccc(Cl)cc2c1=O. The largest absolute Gasteiger partial charge is 0.337 e. The zero-order valence-corrected chi connectivity index (χ0v) is 18.5. The van der Waals surface area contributed by atoms with E-state index >= 15 is 0 Å². The molecule has 152 valence electrons. The van der Waals surface area contributed by atoms with E-state index in [2.05, 4.69) is 32.7 Å². The van der Waals surface area contributed by atoms with E-state index < -0.39 is 0 Å². The van der Waals surface area contributed by atoms with Crippen molar-refractivity contribution in [1.29, 1.82) is 0 Å². The summed E-state index contributed by atoms with van der Waals surface area (Å²) in [5, 5.41) is 1.63. The van der Waals surface area contributed by atoms with E-state index in [1.54, 1.807) is 22.8 Å². The maximum absolute atomic E-state index is 13.0. The highest BCUT2D eigenvalue weighted by Gasteiger charge is 2.29. The molecule has 1 amide bonds. The Bertz CT molecular complexity index is 918. The van der Waals surface area contributed by atoms with Crippen LogP contribution >= 0.6 is 23.4 Å². The molecule has 2 atom stereocenters. The van der Waals surface area contributed by atoms with Crippen molar-refractivity contribution < 1.29 is 4.79 Å². The van der Waals surface area contributed by atoms with E-state index in [-0.39, 0.29) is 35.2 Å². The Morgan fingerprint density at radius 1 is 1.29 bits per heavy atom. The number of carbonyl (C=O) groups is 1. The average molecular weight is 422 g/mol. The minimum atomic E-state index is -0.101. The number of aromatic nitrogens is 2. The van der Waals surface area contributed by atoms with Gasteiger partial charge in [0.25, 0.3) is 5.56 Å². The van der Waals surface area contributed by atoms with Crippen LogP contribution in [0.3, 0.4) is 0 Å². The van der Waals surface area contributed by atoms with Crippen LogP contribution in [0.15, 0.2) is 28.2 Å². The molecule has 0 aliphatic carbocycles. The molecule has 1 fully saturated rings. The normalized spacial score (nSPS) is 20.1. The van der Waals surface area contributed by atoms with E-state index in [0.717, 1.165) is 12.8 Å². The first-order valence-corrected chi connectivity index (χ1v) is 11.3. The molecule has 1 aliphatic rings. The highest BCUT2D eigenvalue weighted by molar-refractivity contribution is 7.99. The Hall–Kier alpha value is -1.53. The number of hydrogen-bond acceptors (Lipinski definition) is 4. The van der Waals surface area contributed by atoms with E-state index in [9.17, 15) is 9.59 Å². The molecule has 7 heteroatoms. The Morgan fingerprint density at radius 3 is 2.61 bits per heavy atom. The molecule has 0 spiro atoms. The van der Waals surface area contributed by atoms with E-state index in [1.807, 2.05) is 4.90 Å². The van der Waals surface area contributed by atoms with Gasteiger partial charge in [-0.15, -0.1) is 0 Å². The third kappa shape index (κ3) is 4.54. The smallest absolute Gasteiger partial charge is 0.262 e. The molecule has 5 nitrogen and oxygen atoms in total. The minimum absolute atomic E-state index is 0.101. The van der Waals surface area contributed by atoms with Gasteiger partial charge in [0, 0.05) is 23.7 Å². The summed E-state index contributed by atoms with van der Waals surface area (Å²) in [5.41, 5.74) is 0.514. The summed E-state index contributed by atoms with van der Waals surface area (Å²) in [7, 11) is 0. The van der Waals surface area contributed by atoms with Gasteiger partial charge in [-0.3, -0.25) is 14.2 Å². The standard InChI is InChI=1S/C21H28ClN3O2S/c1-13(2)11-24-20(27)17-10-16(22)8-9-18(17)23-21(24)28-12-19(26)25-14(3)6-5-7-15(25)4/h8-10,13-15H,5-7,11-12H2,1-4H3. The molecule has 1 aromatic carbocycles. The van der Waals surface area contributed by atoms with Crippen molar-refractivity contribution in [2.24, 2.45) is 5.92 Å². The molecule has 0 bridgehead atoms. The average Bonchev–Trinajstić information content (AvgIpc) is 2.63. The Morgan fingerprint density at radius 2 is 1.96 bits per heavy atom. The summed E-state index contributed by atoms with van der Waals surface area (Å²) in [6.07, 6.45) is 3.27. The number of thioether (sulfide) groups is 1. The number of carbonyl (C=O) groups excluding carboxylic acids is 1. The summed E-state index contributed by atoms with van der Waals surface area (Å²) in [6, 6.07) is 5.70. The Labute approximate surface area is 175 Å². The second-order valence-electron chi connectivity index (χ2n) is 8.08. The van der Waals surface area contributed by atoms with Crippen LogP contribution < -0.4 is 5.56 Å². The van der Waals surface area contributed by atoms with Gasteiger partial charge in [0.05, 0.1) is 16.7 Å². The maximum atomic E-state index is 13.0.